The van der Waals surface area contributed by atoms with Crippen LogP contribution in [0, 0.1) is 20.8 Å². The van der Waals surface area contributed by atoms with Gasteiger partial charge in [0.2, 0.25) is 0 Å². The average molecular weight is 635 g/mol. The number of fused-ring (bicyclic) bond motifs is 9. The number of hydrogen-bond donors (Lipinski definition) is 2. The molecular weight excluding hydrogens is 600 g/mol. The first-order chi connectivity index (χ1) is 20.4. The summed E-state index contributed by atoms with van der Waals surface area (Å²) in [7, 11) is 0. The van der Waals surface area contributed by atoms with Crippen molar-refractivity contribution in [1.82, 2.24) is 15.0 Å². The Labute approximate surface area is 266 Å². The predicted molar refractivity (Wildman–Crippen MR) is 164 cm³/mol. The van der Waals surface area contributed by atoms with E-state index in [0.29, 0.717) is 17.1 Å². The molecule has 0 radical (unpaired) electrons. The first-order valence-corrected chi connectivity index (χ1v) is 14.4. The van der Waals surface area contributed by atoms with Crippen molar-refractivity contribution in [3.8, 4) is 0 Å². The molecule has 3 aliphatic rings. The number of nitrogens with zero attached hydrogens (tertiary/aromatic N) is 4. The molecule has 44 heavy (non-hydrogen) atoms. The van der Waals surface area contributed by atoms with E-state index in [0.717, 1.165) is 55.5 Å². The molecule has 0 aromatic carbocycles. The van der Waals surface area contributed by atoms with Crippen LogP contribution in [0.1, 0.15) is 82.3 Å². The van der Waals surface area contributed by atoms with Crippen molar-refractivity contribution in [3.63, 3.8) is 0 Å². The van der Waals surface area contributed by atoms with Gasteiger partial charge in [-0.05, 0) is 45.2 Å². The Hall–Kier alpha value is -3.98. The molecule has 6 rings (SSSR count). The summed E-state index contributed by atoms with van der Waals surface area (Å²) in [5.74, 6) is -1.33. The van der Waals surface area contributed by atoms with Gasteiger partial charge in [0.1, 0.15) is 5.60 Å². The molecule has 1 spiro atoms. The maximum atomic E-state index is 12.5. The van der Waals surface area contributed by atoms with Crippen LogP contribution in [0.3, 0.4) is 0 Å². The summed E-state index contributed by atoms with van der Waals surface area (Å²) in [6.07, 6.45) is 9.99. The van der Waals surface area contributed by atoms with E-state index >= 15 is 0 Å². The molecule has 2 saturated heterocycles. The summed E-state index contributed by atoms with van der Waals surface area (Å²) < 4.78 is 5.93. The Kier molecular flexibility index (Phi) is 7.99. The number of carboxylic acids is 1. The maximum absolute atomic E-state index is 12.5. The van der Waals surface area contributed by atoms with Crippen molar-refractivity contribution in [2.24, 2.45) is 0 Å². The molecule has 3 aromatic rings. The van der Waals surface area contributed by atoms with Crippen LogP contribution in [0.15, 0.2) is 18.9 Å². The number of carbonyl (C=O) groups is 2. The van der Waals surface area contributed by atoms with Gasteiger partial charge in [-0.3, -0.25) is 9.59 Å². The van der Waals surface area contributed by atoms with Gasteiger partial charge < -0.3 is 35.2 Å². The van der Waals surface area contributed by atoms with Crippen molar-refractivity contribution >= 4 is 42.3 Å². The first kappa shape index (κ1) is 31.4. The topological polar surface area (TPSA) is 140 Å². The number of carboxylic acid groups (broad SMARTS) is 1. The minimum Gasteiger partial charge on any atom is -0.679 e. The predicted octanol–water partition coefficient (Wildman–Crippen LogP) is 2.92. The summed E-state index contributed by atoms with van der Waals surface area (Å²) >= 11 is 0. The van der Waals surface area contributed by atoms with Crippen LogP contribution < -0.4 is 25.7 Å². The van der Waals surface area contributed by atoms with Crippen LogP contribution in [-0.4, -0.2) is 39.4 Å². The summed E-state index contributed by atoms with van der Waals surface area (Å²) in [6.45, 7) is 15.6. The largest absolute Gasteiger partial charge is 4.00 e. The second-order valence-electron chi connectivity index (χ2n) is 11.8. The number of hydrogen-bond acceptors (Lipinski definition) is 4. The Morgan fingerprint density at radius 2 is 1.68 bits per heavy atom. The van der Waals surface area contributed by atoms with E-state index < -0.39 is 29.2 Å². The molecule has 2 N–H and O–H groups in total. The second-order valence-corrected chi connectivity index (χ2v) is 11.8. The minimum atomic E-state index is -1.54. The summed E-state index contributed by atoms with van der Waals surface area (Å²) in [5, 5.41) is 28.0. The van der Waals surface area contributed by atoms with Gasteiger partial charge in [0.25, 0.3) is 0 Å². The zero-order valence-corrected chi connectivity index (χ0v) is 26.3. The Balaban J connectivity index is 0.00000384. The third kappa shape index (κ3) is 4.72. The number of aromatic nitrogens is 3. The van der Waals surface area contributed by atoms with Crippen molar-refractivity contribution in [2.75, 3.05) is 0 Å². The van der Waals surface area contributed by atoms with E-state index in [1.54, 1.807) is 25.2 Å². The molecule has 0 aliphatic carbocycles. The molecule has 0 saturated carbocycles. The van der Waals surface area contributed by atoms with Crippen molar-refractivity contribution in [3.05, 3.63) is 91.0 Å². The minimum absolute atomic E-state index is 0. The monoisotopic (exact) mass is 634 g/mol. The average Bonchev–Trinajstić information content (AvgIpc) is 3.69. The fourth-order valence-electron chi connectivity index (χ4n) is 6.77. The van der Waals surface area contributed by atoms with Crippen LogP contribution in [0.25, 0.3) is 35.7 Å². The molecule has 3 atom stereocenters. The van der Waals surface area contributed by atoms with Gasteiger partial charge in [-0.15, -0.1) is 33.5 Å². The van der Waals surface area contributed by atoms with E-state index in [1.165, 1.54) is 0 Å². The first-order valence-electron chi connectivity index (χ1n) is 14.4. The molecule has 3 aliphatic heterocycles. The number of aliphatic carboxylic acids is 1. The second kappa shape index (κ2) is 11.2. The number of esters is 1. The van der Waals surface area contributed by atoms with E-state index in [2.05, 4.69) is 13.2 Å². The molecule has 0 amide bonds. The van der Waals surface area contributed by atoms with E-state index in [1.807, 2.05) is 32.9 Å². The van der Waals surface area contributed by atoms with Crippen LogP contribution in [0.2, 0.25) is 0 Å². The quantitative estimate of drug-likeness (QED) is 0.323. The molecule has 228 valence electrons. The Morgan fingerprint density at radius 3 is 2.32 bits per heavy atom. The number of aliphatic hydroxyl groups is 1. The number of carbonyl (C=O) groups excluding carboxylic acids is 1. The molecule has 9 nitrogen and oxygen atoms in total. The Bertz CT molecular complexity index is 1870. The zero-order valence-electron chi connectivity index (χ0n) is 25.2. The SMILES string of the molecule is C=Cc1c2[n-]c(c1C)/C=c1\[n-]/c(c(C)c1C=C)=C\c1[n-]c(c(CCC(=O)O)c1C)/C=C1\[N-]C(C2)[C@](C)(O)[C@@]12CCC(=O)O2.[Fe+4]. The smallest absolute Gasteiger partial charge is 0.679 e. The fraction of sp³-hybridized carbons (Fsp3) is 0.353. The number of ether oxygens (including phenoxy) is 1. The van der Waals surface area contributed by atoms with Gasteiger partial charge in [-0.25, -0.2) is 0 Å². The summed E-state index contributed by atoms with van der Waals surface area (Å²) in [5.41, 5.74) is 5.37. The van der Waals surface area contributed by atoms with Gasteiger partial charge in [0.15, 0.2) is 0 Å². The molecule has 6 heterocycles. The summed E-state index contributed by atoms with van der Waals surface area (Å²) in [6, 6.07) is -0.683. The van der Waals surface area contributed by atoms with Gasteiger partial charge in [0, 0.05) is 19.3 Å². The molecule has 3 aromatic heterocycles. The van der Waals surface area contributed by atoms with Gasteiger partial charge >= 0.3 is 29.0 Å². The van der Waals surface area contributed by atoms with E-state index in [9.17, 15) is 19.8 Å². The van der Waals surface area contributed by atoms with Crippen LogP contribution in [-0.2, 0) is 44.2 Å². The van der Waals surface area contributed by atoms with Crippen LogP contribution in [0.5, 0.6) is 0 Å². The van der Waals surface area contributed by atoms with Crippen molar-refractivity contribution in [2.45, 2.75) is 77.0 Å². The summed E-state index contributed by atoms with van der Waals surface area (Å²) in [4.78, 5) is 39.0. The zero-order chi connectivity index (χ0) is 30.8. The third-order valence-electron chi connectivity index (χ3n) is 9.40. The standard InChI is InChI=1S/C34H34N4O5.Fe/c1-7-20-17(3)23-13-24-19(5)22(9-10-31(39)40)28(37-24)16-30-34(12-11-32(41)43-34)33(6,42)29(38-30)15-27-21(8-2)18(4)25(36-27)14-26(20)35-23;/h7-8,13-14,16,29,42H,1-2,9-12,15H2,3-6H3,(H,39,40);/q-4;+4/b23-13-,26-14-,30-16-;/t29?,33-,34+;/m0./s1. The Morgan fingerprint density at radius 1 is 1.00 bits per heavy atom. The van der Waals surface area contributed by atoms with Crippen molar-refractivity contribution in [1.29, 1.82) is 0 Å². The third-order valence-corrected chi connectivity index (χ3v) is 9.40. The molecule has 10 heteroatoms. The number of rotatable bonds is 5. The molecule has 1 unspecified atom stereocenters. The molecule has 8 bridgehead atoms. The normalized spacial score (nSPS) is 26.3. The van der Waals surface area contributed by atoms with Gasteiger partial charge in [-0.1, -0.05) is 78.3 Å². The van der Waals surface area contributed by atoms with E-state index in [4.69, 9.17) is 25.0 Å². The van der Waals surface area contributed by atoms with Crippen LogP contribution >= 0.6 is 0 Å². The van der Waals surface area contributed by atoms with Gasteiger partial charge in [0.05, 0.1) is 5.60 Å². The maximum Gasteiger partial charge on any atom is 4.00 e. The molecule has 2 fully saturated rings. The van der Waals surface area contributed by atoms with Crippen molar-refractivity contribution < 1.29 is 41.6 Å². The van der Waals surface area contributed by atoms with Gasteiger partial charge in [-0.2, -0.15) is 5.69 Å². The molecular formula is C34H34FeN4O5. The fourth-order valence-corrected chi connectivity index (χ4v) is 6.77. The van der Waals surface area contributed by atoms with E-state index in [-0.39, 0.29) is 49.2 Å². The van der Waals surface area contributed by atoms with Crippen LogP contribution in [0.4, 0.5) is 0 Å².